The molecule has 5 heteroatoms. The van der Waals surface area contributed by atoms with Crippen LogP contribution in [0.1, 0.15) is 5.01 Å². The van der Waals surface area contributed by atoms with Crippen LogP contribution in [0.15, 0.2) is 24.4 Å². The van der Waals surface area contributed by atoms with Crippen molar-refractivity contribution in [1.29, 1.82) is 0 Å². The number of hydrogen-bond donors (Lipinski definition) is 1. The molecule has 0 saturated carbocycles. The van der Waals surface area contributed by atoms with Gasteiger partial charge in [0, 0.05) is 17.8 Å². The Labute approximate surface area is 103 Å². The number of rotatable bonds is 4. The predicted octanol–water partition coefficient (Wildman–Crippen LogP) is 2.32. The van der Waals surface area contributed by atoms with E-state index in [1.165, 1.54) is 11.3 Å². The minimum absolute atomic E-state index is 0.0386. The molecule has 90 valence electrons. The van der Waals surface area contributed by atoms with Crippen molar-refractivity contribution >= 4 is 11.3 Å². The lowest BCUT2D eigenvalue weighted by Crippen LogP contribution is -1.89. The lowest BCUT2D eigenvalue weighted by atomic mass is 10.1. The van der Waals surface area contributed by atoms with Crippen LogP contribution in [-0.4, -0.2) is 24.3 Å². The van der Waals surface area contributed by atoms with Crippen LogP contribution >= 0.6 is 11.3 Å². The summed E-state index contributed by atoms with van der Waals surface area (Å²) in [5.41, 5.74) is 0.950. The molecule has 0 atom stereocenters. The van der Waals surface area contributed by atoms with Crippen molar-refractivity contribution in [2.75, 3.05) is 14.2 Å². The fourth-order valence-corrected chi connectivity index (χ4v) is 2.32. The summed E-state index contributed by atoms with van der Waals surface area (Å²) in [5, 5.41) is 9.70. The van der Waals surface area contributed by atoms with Crippen molar-refractivity contribution in [3.8, 4) is 21.9 Å². The number of methoxy groups -OCH3 is 2. The Morgan fingerprint density at radius 1 is 1.29 bits per heavy atom. The number of aromatic nitrogens is 1. The Hall–Kier alpha value is -1.59. The number of nitrogens with zero attached hydrogens (tertiary/aromatic N) is 1. The molecule has 0 aliphatic heterocycles. The van der Waals surface area contributed by atoms with Gasteiger partial charge in [-0.3, -0.25) is 0 Å². The van der Waals surface area contributed by atoms with Crippen molar-refractivity contribution < 1.29 is 14.6 Å². The highest BCUT2D eigenvalue weighted by Crippen LogP contribution is 2.36. The molecule has 0 fully saturated rings. The van der Waals surface area contributed by atoms with Gasteiger partial charge in [-0.1, -0.05) is 0 Å². The third kappa shape index (κ3) is 2.40. The van der Waals surface area contributed by atoms with E-state index in [0.29, 0.717) is 5.01 Å². The summed E-state index contributed by atoms with van der Waals surface area (Å²) in [4.78, 5) is 5.08. The average molecular weight is 251 g/mol. The SMILES string of the molecule is COc1ccc(-c2cnc(CO)s2)c(OC)c1. The van der Waals surface area contributed by atoms with Gasteiger partial charge in [-0.15, -0.1) is 11.3 Å². The average Bonchev–Trinajstić information content (AvgIpc) is 2.86. The monoisotopic (exact) mass is 251 g/mol. The number of aliphatic hydroxyl groups excluding tert-OH is 1. The molecule has 1 aromatic carbocycles. The molecule has 0 bridgehead atoms. The molecule has 0 aliphatic carbocycles. The maximum Gasteiger partial charge on any atom is 0.131 e. The molecule has 2 rings (SSSR count). The summed E-state index contributed by atoms with van der Waals surface area (Å²) in [6.07, 6.45) is 1.74. The Morgan fingerprint density at radius 2 is 2.12 bits per heavy atom. The number of thiazole rings is 1. The van der Waals surface area contributed by atoms with Crippen LogP contribution in [0.2, 0.25) is 0 Å². The molecular formula is C12H13NO3S. The standard InChI is InChI=1S/C12H13NO3S/c1-15-8-3-4-9(10(5-8)16-2)11-6-13-12(7-14)17-11/h3-6,14H,7H2,1-2H3. The lowest BCUT2D eigenvalue weighted by molar-refractivity contribution is 0.281. The van der Waals surface area contributed by atoms with Crippen molar-refractivity contribution in [2.24, 2.45) is 0 Å². The minimum Gasteiger partial charge on any atom is -0.497 e. The fourth-order valence-electron chi connectivity index (χ4n) is 1.51. The minimum atomic E-state index is -0.0386. The van der Waals surface area contributed by atoms with Gasteiger partial charge in [0.25, 0.3) is 0 Å². The van der Waals surface area contributed by atoms with E-state index in [1.54, 1.807) is 20.4 Å². The highest BCUT2D eigenvalue weighted by Gasteiger charge is 2.10. The van der Waals surface area contributed by atoms with Crippen molar-refractivity contribution in [1.82, 2.24) is 4.98 Å². The van der Waals surface area contributed by atoms with Gasteiger partial charge < -0.3 is 14.6 Å². The molecular weight excluding hydrogens is 238 g/mol. The summed E-state index contributed by atoms with van der Waals surface area (Å²) < 4.78 is 10.5. The Morgan fingerprint density at radius 3 is 2.71 bits per heavy atom. The number of ether oxygens (including phenoxy) is 2. The third-order valence-electron chi connectivity index (χ3n) is 2.36. The zero-order chi connectivity index (χ0) is 12.3. The van der Waals surface area contributed by atoms with Crippen molar-refractivity contribution in [3.63, 3.8) is 0 Å². The number of hydrogen-bond acceptors (Lipinski definition) is 5. The van der Waals surface area contributed by atoms with Gasteiger partial charge in [0.15, 0.2) is 0 Å². The lowest BCUT2D eigenvalue weighted by Gasteiger charge is -2.08. The summed E-state index contributed by atoms with van der Waals surface area (Å²) in [6, 6.07) is 5.62. The highest BCUT2D eigenvalue weighted by molar-refractivity contribution is 7.15. The molecule has 1 heterocycles. The van der Waals surface area contributed by atoms with Gasteiger partial charge in [-0.05, 0) is 12.1 Å². The molecule has 0 aliphatic rings. The highest BCUT2D eigenvalue weighted by atomic mass is 32.1. The summed E-state index contributed by atoms with van der Waals surface area (Å²) >= 11 is 1.45. The first kappa shape index (κ1) is 11.9. The van der Waals surface area contributed by atoms with Gasteiger partial charge in [-0.2, -0.15) is 0 Å². The zero-order valence-corrected chi connectivity index (χ0v) is 10.5. The topological polar surface area (TPSA) is 51.6 Å². The van der Waals surface area contributed by atoms with Crippen LogP contribution in [-0.2, 0) is 6.61 Å². The first-order chi connectivity index (χ1) is 8.28. The third-order valence-corrected chi connectivity index (χ3v) is 3.38. The van der Waals surface area contributed by atoms with E-state index in [0.717, 1.165) is 21.9 Å². The van der Waals surface area contributed by atoms with E-state index in [4.69, 9.17) is 14.6 Å². The zero-order valence-electron chi connectivity index (χ0n) is 9.64. The molecule has 1 aromatic heterocycles. The maximum atomic E-state index is 9.00. The van der Waals surface area contributed by atoms with Gasteiger partial charge in [-0.25, -0.2) is 4.98 Å². The normalized spacial score (nSPS) is 10.3. The molecule has 4 nitrogen and oxygen atoms in total. The Bertz CT molecular complexity index is 510. The molecule has 0 radical (unpaired) electrons. The summed E-state index contributed by atoms with van der Waals surface area (Å²) in [6.45, 7) is -0.0386. The van der Waals surface area contributed by atoms with E-state index < -0.39 is 0 Å². The van der Waals surface area contributed by atoms with Crippen molar-refractivity contribution in [2.45, 2.75) is 6.61 Å². The second kappa shape index (κ2) is 5.16. The maximum absolute atomic E-state index is 9.00. The first-order valence-corrected chi connectivity index (χ1v) is 5.88. The smallest absolute Gasteiger partial charge is 0.131 e. The van der Waals surface area contributed by atoms with E-state index in [1.807, 2.05) is 18.2 Å². The molecule has 0 saturated heterocycles. The summed E-state index contributed by atoms with van der Waals surface area (Å²) in [7, 11) is 3.23. The Kier molecular flexibility index (Phi) is 3.61. The molecule has 0 unspecified atom stereocenters. The molecule has 0 amide bonds. The van der Waals surface area contributed by atoms with Crippen LogP contribution in [0.3, 0.4) is 0 Å². The first-order valence-electron chi connectivity index (χ1n) is 5.06. The molecule has 17 heavy (non-hydrogen) atoms. The van der Waals surface area contributed by atoms with E-state index >= 15 is 0 Å². The Balaban J connectivity index is 2.43. The predicted molar refractivity (Wildman–Crippen MR) is 66.6 cm³/mol. The second-order valence-corrected chi connectivity index (χ2v) is 4.46. The quantitative estimate of drug-likeness (QED) is 0.906. The van der Waals surface area contributed by atoms with Crippen molar-refractivity contribution in [3.05, 3.63) is 29.4 Å². The molecule has 0 spiro atoms. The van der Waals surface area contributed by atoms with Gasteiger partial charge >= 0.3 is 0 Å². The van der Waals surface area contributed by atoms with E-state index in [-0.39, 0.29) is 6.61 Å². The second-order valence-electron chi connectivity index (χ2n) is 3.34. The number of benzene rings is 1. The summed E-state index contributed by atoms with van der Waals surface area (Å²) in [5.74, 6) is 1.48. The largest absolute Gasteiger partial charge is 0.497 e. The van der Waals surface area contributed by atoms with Crippen LogP contribution in [0.5, 0.6) is 11.5 Å². The van der Waals surface area contributed by atoms with Crippen LogP contribution in [0.25, 0.3) is 10.4 Å². The van der Waals surface area contributed by atoms with Crippen LogP contribution in [0, 0.1) is 0 Å². The van der Waals surface area contributed by atoms with Gasteiger partial charge in [0.1, 0.15) is 16.5 Å². The number of aliphatic hydroxyl groups is 1. The van der Waals surface area contributed by atoms with E-state index in [2.05, 4.69) is 4.98 Å². The van der Waals surface area contributed by atoms with Crippen LogP contribution in [0.4, 0.5) is 0 Å². The van der Waals surface area contributed by atoms with Gasteiger partial charge in [0.2, 0.25) is 0 Å². The fraction of sp³-hybridized carbons (Fsp3) is 0.250. The van der Waals surface area contributed by atoms with E-state index in [9.17, 15) is 0 Å². The van der Waals surface area contributed by atoms with Gasteiger partial charge in [0.05, 0.1) is 25.7 Å². The van der Waals surface area contributed by atoms with Crippen LogP contribution < -0.4 is 9.47 Å². The molecule has 2 aromatic rings. The molecule has 1 N–H and O–H groups in total.